The number of thioether (sulfide) groups is 1. The first kappa shape index (κ1) is 15.3. The van der Waals surface area contributed by atoms with E-state index in [1.54, 1.807) is 13.3 Å². The minimum absolute atomic E-state index is 0.365. The Morgan fingerprint density at radius 3 is 2.83 bits per heavy atom. The number of nitrogens with one attached hydrogen (secondary N) is 1. The largest absolute Gasteiger partial charge is 0.495 e. The zero-order valence-electron chi connectivity index (χ0n) is 11.6. The van der Waals surface area contributed by atoms with Crippen LogP contribution in [-0.2, 0) is 0 Å². The molecular weight excluding hydrogens is 244 g/mol. The predicted molar refractivity (Wildman–Crippen MR) is 79.4 cm³/mol. The molecule has 0 bridgehead atoms. The fourth-order valence-electron chi connectivity index (χ4n) is 1.67. The van der Waals surface area contributed by atoms with Crippen molar-refractivity contribution in [2.24, 2.45) is 0 Å². The third kappa shape index (κ3) is 5.27. The molecule has 1 aromatic rings. The van der Waals surface area contributed by atoms with Crippen molar-refractivity contribution in [3.8, 4) is 5.75 Å². The van der Waals surface area contributed by atoms with E-state index in [0.717, 1.165) is 24.5 Å². The molecule has 1 atom stereocenters. The lowest BCUT2D eigenvalue weighted by atomic mass is 10.1. The highest BCUT2D eigenvalue weighted by atomic mass is 32.2. The Morgan fingerprint density at radius 1 is 1.33 bits per heavy atom. The monoisotopic (exact) mass is 268 g/mol. The molecule has 0 amide bonds. The molecular formula is C14H24N2OS. The Kier molecular flexibility index (Phi) is 7.85. The van der Waals surface area contributed by atoms with Crippen LogP contribution >= 0.6 is 11.8 Å². The lowest BCUT2D eigenvalue weighted by Gasteiger charge is -2.18. The Hall–Kier alpha value is -0.740. The summed E-state index contributed by atoms with van der Waals surface area (Å²) in [4.78, 5) is 4.24. The van der Waals surface area contributed by atoms with Gasteiger partial charge in [0, 0.05) is 18.0 Å². The van der Waals surface area contributed by atoms with E-state index >= 15 is 0 Å². The fourth-order valence-corrected chi connectivity index (χ4v) is 2.68. The van der Waals surface area contributed by atoms with Gasteiger partial charge in [-0.2, -0.15) is 11.8 Å². The van der Waals surface area contributed by atoms with Crippen molar-refractivity contribution in [1.29, 1.82) is 0 Å². The van der Waals surface area contributed by atoms with Crippen LogP contribution in [0.1, 0.15) is 38.3 Å². The highest BCUT2D eigenvalue weighted by Gasteiger charge is 2.11. The SMILES string of the molecule is CCCNC(CSCCC)c1cncc(OC)c1. The number of aromatic nitrogens is 1. The van der Waals surface area contributed by atoms with Crippen LogP contribution in [0.2, 0.25) is 0 Å². The quantitative estimate of drug-likeness (QED) is 0.697. The van der Waals surface area contributed by atoms with Crippen LogP contribution in [0, 0.1) is 0 Å². The minimum Gasteiger partial charge on any atom is -0.495 e. The van der Waals surface area contributed by atoms with Gasteiger partial charge in [-0.3, -0.25) is 4.98 Å². The summed E-state index contributed by atoms with van der Waals surface area (Å²) >= 11 is 1.99. The van der Waals surface area contributed by atoms with Crippen molar-refractivity contribution in [2.45, 2.75) is 32.7 Å². The molecule has 4 heteroatoms. The first-order valence-electron chi connectivity index (χ1n) is 6.61. The minimum atomic E-state index is 0.365. The molecule has 1 aromatic heterocycles. The van der Waals surface area contributed by atoms with Crippen molar-refractivity contribution >= 4 is 11.8 Å². The van der Waals surface area contributed by atoms with Crippen LogP contribution in [-0.4, -0.2) is 30.1 Å². The maximum absolute atomic E-state index is 5.24. The van der Waals surface area contributed by atoms with Gasteiger partial charge in [-0.25, -0.2) is 0 Å². The van der Waals surface area contributed by atoms with Crippen molar-refractivity contribution in [2.75, 3.05) is 25.2 Å². The van der Waals surface area contributed by atoms with Gasteiger partial charge in [0.05, 0.1) is 13.3 Å². The molecule has 102 valence electrons. The normalized spacial score (nSPS) is 12.4. The van der Waals surface area contributed by atoms with E-state index in [0.29, 0.717) is 6.04 Å². The summed E-state index contributed by atoms with van der Waals surface area (Å²) in [5.41, 5.74) is 1.21. The van der Waals surface area contributed by atoms with Crippen LogP contribution in [0.25, 0.3) is 0 Å². The zero-order valence-corrected chi connectivity index (χ0v) is 12.4. The molecule has 0 aromatic carbocycles. The molecule has 0 fully saturated rings. The summed E-state index contributed by atoms with van der Waals surface area (Å²) in [6.45, 7) is 5.44. The number of ether oxygens (including phenoxy) is 1. The molecule has 18 heavy (non-hydrogen) atoms. The maximum atomic E-state index is 5.24. The van der Waals surface area contributed by atoms with E-state index in [9.17, 15) is 0 Å². The molecule has 1 heterocycles. The maximum Gasteiger partial charge on any atom is 0.137 e. The molecule has 1 rings (SSSR count). The molecule has 1 unspecified atom stereocenters. The fraction of sp³-hybridized carbons (Fsp3) is 0.643. The van der Waals surface area contributed by atoms with Gasteiger partial charge in [-0.05, 0) is 36.8 Å². The van der Waals surface area contributed by atoms with Crippen molar-refractivity contribution in [3.05, 3.63) is 24.0 Å². The third-order valence-electron chi connectivity index (χ3n) is 2.65. The first-order valence-corrected chi connectivity index (χ1v) is 7.77. The van der Waals surface area contributed by atoms with Crippen molar-refractivity contribution < 1.29 is 4.74 Å². The average molecular weight is 268 g/mol. The van der Waals surface area contributed by atoms with Crippen molar-refractivity contribution in [3.63, 3.8) is 0 Å². The number of nitrogens with zero attached hydrogens (tertiary/aromatic N) is 1. The van der Waals surface area contributed by atoms with Crippen LogP contribution in [0.5, 0.6) is 5.75 Å². The summed E-state index contributed by atoms with van der Waals surface area (Å²) in [6.07, 6.45) is 6.05. The van der Waals surface area contributed by atoms with Gasteiger partial charge in [0.25, 0.3) is 0 Å². The van der Waals surface area contributed by atoms with Gasteiger partial charge in [-0.15, -0.1) is 0 Å². The molecule has 3 nitrogen and oxygen atoms in total. The molecule has 0 radical (unpaired) electrons. The van der Waals surface area contributed by atoms with Gasteiger partial charge < -0.3 is 10.1 Å². The third-order valence-corrected chi connectivity index (χ3v) is 3.91. The van der Waals surface area contributed by atoms with E-state index in [2.05, 4.69) is 30.2 Å². The lowest BCUT2D eigenvalue weighted by molar-refractivity contribution is 0.411. The first-order chi connectivity index (χ1) is 8.81. The Morgan fingerprint density at radius 2 is 2.17 bits per heavy atom. The molecule has 0 saturated carbocycles. The number of hydrogen-bond acceptors (Lipinski definition) is 4. The second-order valence-electron chi connectivity index (χ2n) is 4.24. The van der Waals surface area contributed by atoms with E-state index in [-0.39, 0.29) is 0 Å². The van der Waals surface area contributed by atoms with Crippen LogP contribution in [0.15, 0.2) is 18.5 Å². The van der Waals surface area contributed by atoms with Gasteiger partial charge in [0.15, 0.2) is 0 Å². The van der Waals surface area contributed by atoms with Crippen molar-refractivity contribution in [1.82, 2.24) is 10.3 Å². The predicted octanol–water partition coefficient (Wildman–Crippen LogP) is 3.27. The van der Waals surface area contributed by atoms with Crippen LogP contribution in [0.3, 0.4) is 0 Å². The van der Waals surface area contributed by atoms with Gasteiger partial charge in [0.1, 0.15) is 5.75 Å². The average Bonchev–Trinajstić information content (AvgIpc) is 2.42. The summed E-state index contributed by atoms with van der Waals surface area (Å²) in [5, 5.41) is 3.58. The second kappa shape index (κ2) is 9.22. The van der Waals surface area contributed by atoms with Gasteiger partial charge in [-0.1, -0.05) is 13.8 Å². The molecule has 0 spiro atoms. The summed E-state index contributed by atoms with van der Waals surface area (Å²) in [6, 6.07) is 2.44. The number of pyridine rings is 1. The summed E-state index contributed by atoms with van der Waals surface area (Å²) < 4.78 is 5.24. The standard InChI is InChI=1S/C14H24N2OS/c1-4-6-16-14(11-18-7-5-2)12-8-13(17-3)10-15-9-12/h8-10,14,16H,4-7,11H2,1-3H3. The molecule has 0 aliphatic rings. The van der Waals surface area contributed by atoms with Gasteiger partial charge in [0.2, 0.25) is 0 Å². The topological polar surface area (TPSA) is 34.2 Å². The lowest BCUT2D eigenvalue weighted by Crippen LogP contribution is -2.24. The Balaban J connectivity index is 2.66. The summed E-state index contributed by atoms with van der Waals surface area (Å²) in [5.74, 6) is 3.13. The van der Waals surface area contributed by atoms with E-state index < -0.39 is 0 Å². The van der Waals surface area contributed by atoms with E-state index in [4.69, 9.17) is 4.74 Å². The van der Waals surface area contributed by atoms with E-state index in [1.807, 2.05) is 18.0 Å². The Bertz CT molecular complexity index is 333. The summed E-state index contributed by atoms with van der Waals surface area (Å²) in [7, 11) is 1.68. The molecule has 0 aliphatic carbocycles. The number of hydrogen-bond donors (Lipinski definition) is 1. The molecule has 1 N–H and O–H groups in total. The van der Waals surface area contributed by atoms with E-state index in [1.165, 1.54) is 17.7 Å². The molecule has 0 saturated heterocycles. The Labute approximate surface area is 115 Å². The number of rotatable bonds is 9. The van der Waals surface area contributed by atoms with Crippen LogP contribution in [0.4, 0.5) is 0 Å². The molecule has 0 aliphatic heterocycles. The second-order valence-corrected chi connectivity index (χ2v) is 5.39. The zero-order chi connectivity index (χ0) is 13.2. The van der Waals surface area contributed by atoms with Gasteiger partial charge >= 0.3 is 0 Å². The highest BCUT2D eigenvalue weighted by Crippen LogP contribution is 2.21. The smallest absolute Gasteiger partial charge is 0.137 e. The highest BCUT2D eigenvalue weighted by molar-refractivity contribution is 7.99. The van der Waals surface area contributed by atoms with Crippen LogP contribution < -0.4 is 10.1 Å². The number of methoxy groups -OCH3 is 1.